The van der Waals surface area contributed by atoms with Crippen molar-refractivity contribution in [2.45, 2.75) is 25.7 Å². The topological polar surface area (TPSA) is 37.4 Å². The second-order valence-electron chi connectivity index (χ2n) is 5.74. The van der Waals surface area contributed by atoms with Crippen molar-refractivity contribution in [1.82, 2.24) is 4.31 Å². The molecule has 1 aromatic carbocycles. The molecule has 0 atom stereocenters. The second-order valence-corrected chi connectivity index (χ2v) is 8.63. The predicted octanol–water partition coefficient (Wildman–Crippen LogP) is 4.42. The Morgan fingerprint density at radius 2 is 1.88 bits per heavy atom. The van der Waals surface area contributed by atoms with Gasteiger partial charge in [-0.1, -0.05) is 40.7 Å². The number of thiophene rings is 1. The summed E-state index contributed by atoms with van der Waals surface area (Å²) in [4.78, 5) is 1.31. The maximum atomic E-state index is 12.9. The number of hydrogen-bond donors (Lipinski definition) is 0. The predicted molar refractivity (Wildman–Crippen MR) is 101 cm³/mol. The number of benzene rings is 1. The minimum atomic E-state index is -3.53. The van der Waals surface area contributed by atoms with Gasteiger partial charge < -0.3 is 0 Å². The molecule has 0 aliphatic heterocycles. The molecule has 0 aliphatic rings. The Morgan fingerprint density at radius 1 is 1.17 bits per heavy atom. The molecule has 0 bridgehead atoms. The first kappa shape index (κ1) is 18.6. The van der Waals surface area contributed by atoms with E-state index in [2.05, 4.69) is 6.08 Å². The largest absolute Gasteiger partial charge is 0.248 e. The molecule has 5 heteroatoms. The summed E-state index contributed by atoms with van der Waals surface area (Å²) in [6, 6.07) is 10.9. The molecule has 0 spiro atoms. The first-order valence-corrected chi connectivity index (χ1v) is 10.0. The molecular formula is C19H22NO2S2+. The lowest BCUT2D eigenvalue weighted by Crippen LogP contribution is -2.31. The van der Waals surface area contributed by atoms with Gasteiger partial charge in [-0.15, -0.1) is 0 Å². The van der Waals surface area contributed by atoms with E-state index in [4.69, 9.17) is 0 Å². The van der Waals surface area contributed by atoms with Crippen molar-refractivity contribution < 1.29 is 8.42 Å². The molecule has 0 N–H and O–H groups in total. The van der Waals surface area contributed by atoms with Gasteiger partial charge in [0.1, 0.15) is 6.08 Å². The lowest BCUT2D eigenvalue weighted by atomic mass is 10.2. The van der Waals surface area contributed by atoms with Crippen LogP contribution < -0.4 is 0 Å². The summed E-state index contributed by atoms with van der Waals surface area (Å²) in [6.45, 7) is 6.50. The molecule has 2 rings (SSSR count). The molecule has 2 aromatic rings. The van der Waals surface area contributed by atoms with Gasteiger partial charge in [0.15, 0.2) is 0 Å². The van der Waals surface area contributed by atoms with Crippen LogP contribution in [0.1, 0.15) is 24.3 Å². The van der Waals surface area contributed by atoms with Gasteiger partial charge in [0, 0.05) is 18.0 Å². The van der Waals surface area contributed by atoms with Crippen molar-refractivity contribution >= 4 is 21.4 Å². The highest BCUT2D eigenvalue weighted by Gasteiger charge is 2.23. The van der Waals surface area contributed by atoms with E-state index in [1.165, 1.54) is 4.31 Å². The lowest BCUT2D eigenvalue weighted by molar-refractivity contribution is 0.473. The maximum absolute atomic E-state index is 12.9. The Labute approximate surface area is 149 Å². The molecule has 126 valence electrons. The lowest BCUT2D eigenvalue weighted by Gasteiger charge is -2.18. The molecule has 0 saturated heterocycles. The van der Waals surface area contributed by atoms with E-state index < -0.39 is 10.0 Å². The average molecular weight is 361 g/mol. The number of allylic oxidation sites excluding steroid dienone is 1. The minimum Gasteiger partial charge on any atom is -0.207 e. The van der Waals surface area contributed by atoms with Crippen LogP contribution in [0.3, 0.4) is 0 Å². The molecule has 0 radical (unpaired) electrons. The standard InChI is InChI=1S/C19H22NO2S2/c1-16(2)12-14-20(13-4-6-18-7-5-15-23-18)24(21,22)19-10-8-17(3)9-11-19/h4-5,7-12,15H,13-14H2,1-3H3/q+1. The first-order valence-electron chi connectivity index (χ1n) is 7.71. The Kier molecular flexibility index (Phi) is 6.46. The van der Waals surface area contributed by atoms with Gasteiger partial charge in [0.25, 0.3) is 0 Å². The summed E-state index contributed by atoms with van der Waals surface area (Å²) in [5.74, 6) is 0. The van der Waals surface area contributed by atoms with Crippen molar-refractivity contribution in [2.75, 3.05) is 13.1 Å². The molecule has 0 aliphatic carbocycles. The second kappa shape index (κ2) is 8.36. The van der Waals surface area contributed by atoms with Crippen LogP contribution >= 0.6 is 11.3 Å². The molecule has 3 nitrogen and oxygen atoms in total. The average Bonchev–Trinajstić information content (AvgIpc) is 3.04. The highest BCUT2D eigenvalue weighted by Crippen LogP contribution is 2.17. The third-order valence-corrected chi connectivity index (χ3v) is 6.07. The Bertz CT molecular complexity index is 798. The fourth-order valence-corrected chi connectivity index (χ4v) is 3.96. The van der Waals surface area contributed by atoms with Gasteiger partial charge in [-0.25, -0.2) is 8.42 Å². The molecule has 0 fully saturated rings. The Morgan fingerprint density at radius 3 is 2.46 bits per heavy atom. The van der Waals surface area contributed by atoms with E-state index in [0.717, 1.165) is 16.0 Å². The Hall–Kier alpha value is -1.78. The molecule has 0 saturated carbocycles. The van der Waals surface area contributed by atoms with Crippen LogP contribution in [0.25, 0.3) is 0 Å². The molecule has 0 amide bonds. The SMILES string of the molecule is CC(C)=CCN(CC=[C+]c1cccs1)S(=O)(=O)c1ccc(C)cc1. The van der Waals surface area contributed by atoms with Crippen molar-refractivity contribution in [2.24, 2.45) is 0 Å². The summed E-state index contributed by atoms with van der Waals surface area (Å²) < 4.78 is 27.3. The highest BCUT2D eigenvalue weighted by atomic mass is 32.2. The summed E-state index contributed by atoms with van der Waals surface area (Å²) in [5.41, 5.74) is 2.13. The number of rotatable bonds is 7. The van der Waals surface area contributed by atoms with Crippen LogP contribution in [0.5, 0.6) is 0 Å². The van der Waals surface area contributed by atoms with Gasteiger partial charge >= 0.3 is 0 Å². The van der Waals surface area contributed by atoms with Gasteiger partial charge in [-0.3, -0.25) is 0 Å². The monoisotopic (exact) mass is 360 g/mol. The van der Waals surface area contributed by atoms with Crippen LogP contribution in [0.15, 0.2) is 64.4 Å². The van der Waals surface area contributed by atoms with Crippen LogP contribution in [-0.4, -0.2) is 25.8 Å². The molecule has 24 heavy (non-hydrogen) atoms. The van der Waals surface area contributed by atoms with E-state index in [1.54, 1.807) is 29.5 Å². The number of nitrogens with zero attached hydrogens (tertiary/aromatic N) is 1. The number of aryl methyl sites for hydroxylation is 1. The Balaban J connectivity index is 2.23. The molecular weight excluding hydrogens is 338 g/mol. The van der Waals surface area contributed by atoms with Crippen LogP contribution in [0.4, 0.5) is 0 Å². The van der Waals surface area contributed by atoms with Gasteiger partial charge in [-0.05, 0) is 32.9 Å². The molecule has 1 heterocycles. The number of hydrogen-bond acceptors (Lipinski definition) is 3. The fourth-order valence-electron chi connectivity index (χ4n) is 2.02. The first-order chi connectivity index (χ1) is 11.4. The van der Waals surface area contributed by atoms with Crippen LogP contribution in [-0.2, 0) is 10.0 Å². The summed E-state index contributed by atoms with van der Waals surface area (Å²) in [6.07, 6.45) is 6.84. The zero-order valence-corrected chi connectivity index (χ0v) is 15.8. The normalized spacial score (nSPS) is 11.7. The fraction of sp³-hybridized carbons (Fsp3) is 0.263. The number of sulfonamides is 1. The van der Waals surface area contributed by atoms with E-state index in [1.807, 2.05) is 56.5 Å². The van der Waals surface area contributed by atoms with Crippen LogP contribution in [0, 0.1) is 13.0 Å². The summed E-state index contributed by atoms with van der Waals surface area (Å²) in [5, 5.41) is 1.97. The van der Waals surface area contributed by atoms with Crippen molar-refractivity contribution in [3.8, 4) is 0 Å². The van der Waals surface area contributed by atoms with Gasteiger partial charge in [0.05, 0.1) is 23.6 Å². The van der Waals surface area contributed by atoms with Crippen molar-refractivity contribution in [3.63, 3.8) is 0 Å². The van der Waals surface area contributed by atoms with Crippen molar-refractivity contribution in [1.29, 1.82) is 0 Å². The zero-order chi connectivity index (χ0) is 17.6. The highest BCUT2D eigenvalue weighted by molar-refractivity contribution is 7.89. The molecule has 0 unspecified atom stereocenters. The van der Waals surface area contributed by atoms with Gasteiger partial charge in [-0.2, -0.15) is 4.31 Å². The van der Waals surface area contributed by atoms with Gasteiger partial charge in [0.2, 0.25) is 14.9 Å². The van der Waals surface area contributed by atoms with Crippen LogP contribution in [0.2, 0.25) is 0 Å². The summed E-state index contributed by atoms with van der Waals surface area (Å²) in [7, 11) is -3.53. The maximum Gasteiger partial charge on any atom is 0.248 e. The van der Waals surface area contributed by atoms with E-state index in [0.29, 0.717) is 11.4 Å². The summed E-state index contributed by atoms with van der Waals surface area (Å²) >= 11 is 1.58. The van der Waals surface area contributed by atoms with E-state index in [9.17, 15) is 8.42 Å². The quantitative estimate of drug-likeness (QED) is 0.541. The zero-order valence-electron chi connectivity index (χ0n) is 14.2. The molecule has 1 aromatic heterocycles. The smallest absolute Gasteiger partial charge is 0.207 e. The van der Waals surface area contributed by atoms with E-state index in [-0.39, 0.29) is 6.54 Å². The third kappa shape index (κ3) is 5.11. The third-order valence-electron chi connectivity index (χ3n) is 3.42. The van der Waals surface area contributed by atoms with E-state index >= 15 is 0 Å². The minimum absolute atomic E-state index is 0.290. The van der Waals surface area contributed by atoms with Crippen molar-refractivity contribution in [3.05, 3.63) is 76.0 Å².